The number of carboxylic acid groups (broad SMARTS) is 1. The first kappa shape index (κ1) is 13.6. The Hall–Kier alpha value is -1.82. The van der Waals surface area contributed by atoms with E-state index in [9.17, 15) is 9.59 Å². The van der Waals surface area contributed by atoms with Crippen molar-refractivity contribution in [2.45, 2.75) is 26.0 Å². The summed E-state index contributed by atoms with van der Waals surface area (Å²) in [6.07, 6.45) is 3.72. The first-order valence-electron chi connectivity index (χ1n) is 6.31. The Morgan fingerprint density at radius 3 is 2.63 bits per heavy atom. The highest BCUT2D eigenvalue weighted by Gasteiger charge is 2.21. The van der Waals surface area contributed by atoms with E-state index in [1.807, 2.05) is 4.90 Å². The average molecular weight is 266 g/mol. The zero-order chi connectivity index (χ0) is 13.8. The largest absolute Gasteiger partial charge is 0.478 e. The van der Waals surface area contributed by atoms with E-state index in [-0.39, 0.29) is 24.6 Å². The van der Waals surface area contributed by atoms with E-state index in [0.717, 1.165) is 25.9 Å². The third-order valence-electron chi connectivity index (χ3n) is 3.35. The molecule has 2 rings (SSSR count). The summed E-state index contributed by atoms with van der Waals surface area (Å²) in [5.41, 5.74) is 0.721. The van der Waals surface area contributed by atoms with Crippen LogP contribution in [0.2, 0.25) is 0 Å². The molecule has 0 spiro atoms. The van der Waals surface area contributed by atoms with Gasteiger partial charge >= 0.3 is 5.97 Å². The molecule has 1 N–H and O–H groups in total. The summed E-state index contributed by atoms with van der Waals surface area (Å²) >= 11 is 0. The second kappa shape index (κ2) is 5.88. The number of carboxylic acids is 1. The minimum atomic E-state index is -1.00. The molecule has 0 atom stereocenters. The second-order valence-corrected chi connectivity index (χ2v) is 4.63. The summed E-state index contributed by atoms with van der Waals surface area (Å²) in [4.78, 5) is 25.0. The van der Waals surface area contributed by atoms with Crippen LogP contribution in [0.3, 0.4) is 0 Å². The molecule has 6 nitrogen and oxygen atoms in total. The fourth-order valence-corrected chi connectivity index (χ4v) is 2.36. The lowest BCUT2D eigenvalue weighted by Crippen LogP contribution is -2.31. The normalized spacial score (nSPS) is 14.9. The van der Waals surface area contributed by atoms with Crippen molar-refractivity contribution in [1.29, 1.82) is 0 Å². The standard InChI is InChI=1S/C13H18N2O4/c1-19-9-11-10(13(17)18)4-7-15(11)8-12(16)14-5-2-3-6-14/h4,7H,2-3,5-6,8-9H2,1H3,(H,17,18). The van der Waals surface area contributed by atoms with Gasteiger partial charge in [0.2, 0.25) is 5.91 Å². The minimum absolute atomic E-state index is 0.0300. The summed E-state index contributed by atoms with van der Waals surface area (Å²) in [5, 5.41) is 9.09. The number of rotatable bonds is 5. The number of carbonyl (C=O) groups is 2. The summed E-state index contributed by atoms with van der Waals surface area (Å²) in [5.74, 6) is -0.971. The number of hydrogen-bond donors (Lipinski definition) is 1. The van der Waals surface area contributed by atoms with E-state index in [2.05, 4.69) is 0 Å². The molecule has 0 aliphatic carbocycles. The van der Waals surface area contributed by atoms with Gasteiger partial charge in [-0.3, -0.25) is 4.79 Å². The SMILES string of the molecule is COCc1c(C(=O)O)ccn1CC(=O)N1CCCC1. The molecule has 1 saturated heterocycles. The molecule has 19 heavy (non-hydrogen) atoms. The molecule has 1 fully saturated rings. The summed E-state index contributed by atoms with van der Waals surface area (Å²) < 4.78 is 6.68. The maximum absolute atomic E-state index is 12.1. The van der Waals surface area contributed by atoms with Crippen LogP contribution in [0, 0.1) is 0 Å². The van der Waals surface area contributed by atoms with Gasteiger partial charge in [-0.25, -0.2) is 4.79 Å². The molecule has 1 aliphatic heterocycles. The zero-order valence-electron chi connectivity index (χ0n) is 11.0. The Morgan fingerprint density at radius 1 is 1.37 bits per heavy atom. The van der Waals surface area contributed by atoms with Crippen molar-refractivity contribution in [3.8, 4) is 0 Å². The van der Waals surface area contributed by atoms with Crippen LogP contribution >= 0.6 is 0 Å². The molecule has 1 aromatic heterocycles. The average Bonchev–Trinajstić information content (AvgIpc) is 2.99. The van der Waals surface area contributed by atoms with E-state index in [4.69, 9.17) is 9.84 Å². The third kappa shape index (κ3) is 2.96. The molecule has 104 valence electrons. The van der Waals surface area contributed by atoms with E-state index in [1.54, 1.807) is 10.8 Å². The van der Waals surface area contributed by atoms with Crippen molar-refractivity contribution in [1.82, 2.24) is 9.47 Å². The summed E-state index contributed by atoms with van der Waals surface area (Å²) in [7, 11) is 1.51. The monoisotopic (exact) mass is 266 g/mol. The fraction of sp³-hybridized carbons (Fsp3) is 0.538. The van der Waals surface area contributed by atoms with Crippen LogP contribution in [0.1, 0.15) is 28.9 Å². The molecule has 1 aromatic rings. The van der Waals surface area contributed by atoms with Gasteiger partial charge in [-0.15, -0.1) is 0 Å². The van der Waals surface area contributed by atoms with Gasteiger partial charge in [-0.1, -0.05) is 0 Å². The first-order chi connectivity index (χ1) is 9.13. The van der Waals surface area contributed by atoms with E-state index in [0.29, 0.717) is 5.69 Å². The molecule has 0 bridgehead atoms. The van der Waals surface area contributed by atoms with Crippen LogP contribution in [0.5, 0.6) is 0 Å². The Balaban J connectivity index is 2.14. The molecule has 6 heteroatoms. The Kier molecular flexibility index (Phi) is 4.21. The molecule has 2 heterocycles. The molecule has 1 aliphatic rings. The maximum Gasteiger partial charge on any atom is 0.337 e. The predicted molar refractivity (Wildman–Crippen MR) is 67.9 cm³/mol. The van der Waals surface area contributed by atoms with Crippen LogP contribution in [0.4, 0.5) is 0 Å². The fourth-order valence-electron chi connectivity index (χ4n) is 2.36. The third-order valence-corrected chi connectivity index (χ3v) is 3.35. The number of nitrogens with zero attached hydrogens (tertiary/aromatic N) is 2. The number of aromatic carboxylic acids is 1. The van der Waals surface area contributed by atoms with Crippen LogP contribution in [-0.2, 0) is 22.7 Å². The molecule has 0 aromatic carbocycles. The number of hydrogen-bond acceptors (Lipinski definition) is 3. The molecule has 1 amide bonds. The van der Waals surface area contributed by atoms with Crippen molar-refractivity contribution < 1.29 is 19.4 Å². The molecular formula is C13H18N2O4. The number of amides is 1. The smallest absolute Gasteiger partial charge is 0.337 e. The number of aromatic nitrogens is 1. The zero-order valence-corrected chi connectivity index (χ0v) is 11.0. The van der Waals surface area contributed by atoms with Gasteiger partial charge in [0.1, 0.15) is 6.54 Å². The highest BCUT2D eigenvalue weighted by atomic mass is 16.5. The Morgan fingerprint density at radius 2 is 2.05 bits per heavy atom. The van der Waals surface area contributed by atoms with Crippen LogP contribution in [0.15, 0.2) is 12.3 Å². The lowest BCUT2D eigenvalue weighted by molar-refractivity contribution is -0.130. The number of ether oxygens (including phenoxy) is 1. The topological polar surface area (TPSA) is 71.8 Å². The van der Waals surface area contributed by atoms with Gasteiger partial charge in [0, 0.05) is 26.4 Å². The van der Waals surface area contributed by atoms with Gasteiger partial charge in [0.05, 0.1) is 17.9 Å². The lowest BCUT2D eigenvalue weighted by Gasteiger charge is -2.17. The van der Waals surface area contributed by atoms with Gasteiger partial charge in [0.15, 0.2) is 0 Å². The van der Waals surface area contributed by atoms with Crippen molar-refractivity contribution in [3.05, 3.63) is 23.5 Å². The van der Waals surface area contributed by atoms with Crippen molar-refractivity contribution >= 4 is 11.9 Å². The molecule has 0 radical (unpaired) electrons. The van der Waals surface area contributed by atoms with Gasteiger partial charge < -0.3 is 19.3 Å². The van der Waals surface area contributed by atoms with E-state index >= 15 is 0 Å². The van der Waals surface area contributed by atoms with E-state index < -0.39 is 5.97 Å². The first-order valence-corrected chi connectivity index (χ1v) is 6.31. The quantitative estimate of drug-likeness (QED) is 0.861. The number of methoxy groups -OCH3 is 1. The Bertz CT molecular complexity index is 475. The van der Waals surface area contributed by atoms with Crippen LogP contribution < -0.4 is 0 Å². The predicted octanol–water partition coefficient (Wildman–Crippen LogP) is 0.955. The number of likely N-dealkylation sites (tertiary alicyclic amines) is 1. The van der Waals surface area contributed by atoms with Gasteiger partial charge in [-0.05, 0) is 18.9 Å². The molecular weight excluding hydrogens is 248 g/mol. The lowest BCUT2D eigenvalue weighted by atomic mass is 10.2. The second-order valence-electron chi connectivity index (χ2n) is 4.63. The van der Waals surface area contributed by atoms with Crippen LogP contribution in [-0.4, -0.2) is 46.6 Å². The number of carbonyl (C=O) groups excluding carboxylic acids is 1. The highest BCUT2D eigenvalue weighted by Crippen LogP contribution is 2.14. The van der Waals surface area contributed by atoms with E-state index in [1.165, 1.54) is 13.2 Å². The summed E-state index contributed by atoms with van der Waals surface area (Å²) in [6.45, 7) is 1.95. The molecule has 0 saturated carbocycles. The van der Waals surface area contributed by atoms with Crippen molar-refractivity contribution in [2.24, 2.45) is 0 Å². The van der Waals surface area contributed by atoms with Crippen molar-refractivity contribution in [2.75, 3.05) is 20.2 Å². The minimum Gasteiger partial charge on any atom is -0.478 e. The summed E-state index contributed by atoms with van der Waals surface area (Å²) in [6, 6.07) is 1.51. The Labute approximate surface area is 111 Å². The van der Waals surface area contributed by atoms with Crippen molar-refractivity contribution in [3.63, 3.8) is 0 Å². The highest BCUT2D eigenvalue weighted by molar-refractivity contribution is 5.89. The van der Waals surface area contributed by atoms with Crippen LogP contribution in [0.25, 0.3) is 0 Å². The van der Waals surface area contributed by atoms with Gasteiger partial charge in [0.25, 0.3) is 0 Å². The molecule has 0 unspecified atom stereocenters. The van der Waals surface area contributed by atoms with Gasteiger partial charge in [-0.2, -0.15) is 0 Å². The maximum atomic E-state index is 12.1.